The lowest BCUT2D eigenvalue weighted by Crippen LogP contribution is -2.32. The Hall–Kier alpha value is -2.46. The lowest BCUT2D eigenvalue weighted by Gasteiger charge is -2.33. The monoisotopic (exact) mass is 417 g/mol. The van der Waals surface area contributed by atoms with Gasteiger partial charge in [0.25, 0.3) is 0 Å². The largest absolute Gasteiger partial charge is 0.481 e. The van der Waals surface area contributed by atoms with E-state index in [1.807, 2.05) is 13.1 Å². The molecule has 0 fully saturated rings. The molecule has 0 unspecified atom stereocenters. The number of pyridine rings is 2. The van der Waals surface area contributed by atoms with Crippen molar-refractivity contribution in [3.8, 4) is 5.88 Å². The quantitative estimate of drug-likeness (QED) is 0.616. The normalized spacial score (nSPS) is 14.5. The number of fused-ring (bicyclic) bond motifs is 2. The Balaban J connectivity index is 1.86. The zero-order chi connectivity index (χ0) is 22.4. The second kappa shape index (κ2) is 7.90. The number of nitrogens with zero attached hydrogens (tertiary/aromatic N) is 2. The van der Waals surface area contributed by atoms with E-state index < -0.39 is 0 Å². The number of rotatable bonds is 4. The van der Waals surface area contributed by atoms with Crippen molar-refractivity contribution >= 4 is 10.8 Å². The molecule has 164 valence electrons. The van der Waals surface area contributed by atoms with Crippen molar-refractivity contribution in [2.24, 2.45) is 0 Å². The van der Waals surface area contributed by atoms with Crippen LogP contribution in [0.5, 0.6) is 5.88 Å². The van der Waals surface area contributed by atoms with Crippen LogP contribution in [0.15, 0.2) is 30.5 Å². The Morgan fingerprint density at radius 2 is 1.87 bits per heavy atom. The Bertz CT molecular complexity index is 1130. The first-order chi connectivity index (χ1) is 14.6. The van der Waals surface area contributed by atoms with Crippen molar-refractivity contribution in [1.82, 2.24) is 15.3 Å². The van der Waals surface area contributed by atoms with Crippen molar-refractivity contribution in [2.75, 3.05) is 13.7 Å². The van der Waals surface area contributed by atoms with E-state index in [0.717, 1.165) is 43.2 Å². The van der Waals surface area contributed by atoms with Crippen LogP contribution in [-0.2, 0) is 30.2 Å². The van der Waals surface area contributed by atoms with Gasteiger partial charge in [-0.3, -0.25) is 4.98 Å². The highest BCUT2D eigenvalue weighted by molar-refractivity contribution is 5.86. The maximum atomic E-state index is 5.89. The molecular weight excluding hydrogens is 382 g/mol. The molecule has 31 heavy (non-hydrogen) atoms. The molecule has 1 aromatic carbocycles. The first-order valence-electron chi connectivity index (χ1n) is 11.3. The molecule has 0 spiro atoms. The molecule has 2 aromatic heterocycles. The molecule has 4 heteroatoms. The summed E-state index contributed by atoms with van der Waals surface area (Å²) in [7, 11) is 1.75. The molecule has 0 aliphatic carbocycles. The molecule has 3 heterocycles. The molecule has 0 atom stereocenters. The fourth-order valence-electron chi connectivity index (χ4n) is 4.99. The van der Waals surface area contributed by atoms with Crippen LogP contribution < -0.4 is 10.1 Å². The van der Waals surface area contributed by atoms with E-state index in [9.17, 15) is 0 Å². The maximum Gasteiger partial charge on any atom is 0.216 e. The van der Waals surface area contributed by atoms with Crippen LogP contribution in [0.25, 0.3) is 10.8 Å². The summed E-state index contributed by atoms with van der Waals surface area (Å²) in [4.78, 5) is 9.64. The molecule has 0 bridgehead atoms. The van der Waals surface area contributed by atoms with E-state index in [1.165, 1.54) is 33.0 Å². The van der Waals surface area contributed by atoms with Gasteiger partial charge in [0.05, 0.1) is 12.8 Å². The van der Waals surface area contributed by atoms with Crippen LogP contribution in [0.1, 0.15) is 68.3 Å². The van der Waals surface area contributed by atoms with Crippen LogP contribution in [0, 0.1) is 6.92 Å². The van der Waals surface area contributed by atoms with Gasteiger partial charge in [-0.2, -0.15) is 0 Å². The number of hydrogen-bond donors (Lipinski definition) is 1. The second-order valence-electron chi connectivity index (χ2n) is 10.5. The van der Waals surface area contributed by atoms with Crippen LogP contribution in [0.4, 0.5) is 0 Å². The van der Waals surface area contributed by atoms with Crippen molar-refractivity contribution in [2.45, 2.75) is 71.8 Å². The second-order valence-corrected chi connectivity index (χ2v) is 10.5. The number of ether oxygens (including phenoxy) is 1. The van der Waals surface area contributed by atoms with Crippen molar-refractivity contribution in [3.05, 3.63) is 64.1 Å². The Morgan fingerprint density at radius 1 is 1.10 bits per heavy atom. The first kappa shape index (κ1) is 21.8. The third-order valence-corrected chi connectivity index (χ3v) is 6.49. The smallest absolute Gasteiger partial charge is 0.216 e. The van der Waals surface area contributed by atoms with Gasteiger partial charge in [-0.1, -0.05) is 52.8 Å². The van der Waals surface area contributed by atoms with Gasteiger partial charge in [-0.15, -0.1) is 0 Å². The summed E-state index contributed by atoms with van der Waals surface area (Å²) in [5, 5.41) is 6.03. The highest BCUT2D eigenvalue weighted by Gasteiger charge is 2.32. The molecule has 1 aliphatic heterocycles. The predicted octanol–water partition coefficient (Wildman–Crippen LogP) is 5.41. The standard InChI is InChI=1S/C27H35N3O/c1-17-13-18-9-8-10-23(21(18)16-29-17)27(5,6)14-20-19-11-12-28-15-22(19)24(26(2,3)4)30-25(20)31-7/h8-10,13,16,28H,11-12,14-15H2,1-7H3. The van der Waals surface area contributed by atoms with E-state index in [1.54, 1.807) is 7.11 Å². The summed E-state index contributed by atoms with van der Waals surface area (Å²) in [6.07, 6.45) is 3.92. The number of aromatic nitrogens is 2. The summed E-state index contributed by atoms with van der Waals surface area (Å²) >= 11 is 0. The van der Waals surface area contributed by atoms with E-state index in [-0.39, 0.29) is 10.8 Å². The molecule has 0 saturated carbocycles. The molecule has 0 radical (unpaired) electrons. The van der Waals surface area contributed by atoms with E-state index in [2.05, 4.69) is 69.2 Å². The zero-order valence-corrected chi connectivity index (χ0v) is 20.0. The Morgan fingerprint density at radius 3 is 2.58 bits per heavy atom. The summed E-state index contributed by atoms with van der Waals surface area (Å²) in [6.45, 7) is 15.3. The molecule has 4 nitrogen and oxygen atoms in total. The summed E-state index contributed by atoms with van der Waals surface area (Å²) in [6, 6.07) is 8.76. The average Bonchev–Trinajstić information content (AvgIpc) is 2.72. The fourth-order valence-corrected chi connectivity index (χ4v) is 4.99. The van der Waals surface area contributed by atoms with Crippen LogP contribution in [0.3, 0.4) is 0 Å². The van der Waals surface area contributed by atoms with Gasteiger partial charge in [0.1, 0.15) is 0 Å². The highest BCUT2D eigenvalue weighted by Crippen LogP contribution is 2.40. The van der Waals surface area contributed by atoms with Crippen LogP contribution >= 0.6 is 0 Å². The zero-order valence-electron chi connectivity index (χ0n) is 20.0. The lowest BCUT2D eigenvalue weighted by molar-refractivity contribution is 0.376. The maximum absolute atomic E-state index is 5.89. The molecule has 1 N–H and O–H groups in total. The van der Waals surface area contributed by atoms with Crippen molar-refractivity contribution in [1.29, 1.82) is 0 Å². The lowest BCUT2D eigenvalue weighted by atomic mass is 9.75. The number of nitrogens with one attached hydrogen (secondary N) is 1. The highest BCUT2D eigenvalue weighted by atomic mass is 16.5. The van der Waals surface area contributed by atoms with Gasteiger partial charge in [0.2, 0.25) is 5.88 Å². The topological polar surface area (TPSA) is 47.0 Å². The molecular formula is C27H35N3O. The minimum Gasteiger partial charge on any atom is -0.481 e. The molecule has 0 amide bonds. The van der Waals surface area contributed by atoms with Gasteiger partial charge in [0, 0.05) is 34.8 Å². The molecule has 0 saturated heterocycles. The molecule has 3 aromatic rings. The minimum absolute atomic E-state index is 0.0242. The van der Waals surface area contributed by atoms with E-state index >= 15 is 0 Å². The summed E-state index contributed by atoms with van der Waals surface area (Å²) in [5.74, 6) is 0.785. The van der Waals surface area contributed by atoms with Crippen LogP contribution in [-0.4, -0.2) is 23.6 Å². The summed E-state index contributed by atoms with van der Waals surface area (Å²) in [5.41, 5.74) is 7.46. The first-order valence-corrected chi connectivity index (χ1v) is 11.3. The number of aryl methyl sites for hydroxylation is 1. The SMILES string of the molecule is COc1nc(C(C)(C)C)c2c(c1CC(C)(C)c1cccc3cc(C)ncc13)CCNC2. The third-order valence-electron chi connectivity index (χ3n) is 6.49. The van der Waals surface area contributed by atoms with Gasteiger partial charge >= 0.3 is 0 Å². The molecule has 4 rings (SSSR count). The van der Waals surface area contributed by atoms with Gasteiger partial charge in [0.15, 0.2) is 0 Å². The number of methoxy groups -OCH3 is 1. The number of hydrogen-bond acceptors (Lipinski definition) is 4. The number of benzene rings is 1. The van der Waals surface area contributed by atoms with Gasteiger partial charge < -0.3 is 10.1 Å². The van der Waals surface area contributed by atoms with E-state index in [4.69, 9.17) is 9.72 Å². The van der Waals surface area contributed by atoms with Crippen molar-refractivity contribution in [3.63, 3.8) is 0 Å². The molecule has 1 aliphatic rings. The summed E-state index contributed by atoms with van der Waals surface area (Å²) < 4.78 is 5.89. The minimum atomic E-state index is -0.0900. The van der Waals surface area contributed by atoms with Crippen LogP contribution in [0.2, 0.25) is 0 Å². The Kier molecular flexibility index (Phi) is 5.55. The third kappa shape index (κ3) is 4.06. The van der Waals surface area contributed by atoms with Gasteiger partial charge in [-0.05, 0) is 59.9 Å². The van der Waals surface area contributed by atoms with Gasteiger partial charge in [-0.25, -0.2) is 4.98 Å². The van der Waals surface area contributed by atoms with Crippen molar-refractivity contribution < 1.29 is 4.74 Å². The van der Waals surface area contributed by atoms with E-state index in [0.29, 0.717) is 0 Å². The fraction of sp³-hybridized carbons (Fsp3) is 0.481. The predicted molar refractivity (Wildman–Crippen MR) is 128 cm³/mol. The average molecular weight is 418 g/mol. The Labute approximate surface area is 186 Å².